The van der Waals surface area contributed by atoms with Crippen molar-refractivity contribution in [3.05, 3.63) is 47.5 Å². The molecule has 2 aromatic rings. The number of hydrogen-bond donors (Lipinski definition) is 0. The van der Waals surface area contributed by atoms with Crippen molar-refractivity contribution >= 4 is 53.8 Å². The van der Waals surface area contributed by atoms with Gasteiger partial charge < -0.3 is 18.9 Å². The molecule has 218 valence electrons. The Balaban J connectivity index is 1.21. The quantitative estimate of drug-likeness (QED) is 0.268. The fraction of sp³-hybridized carbons (Fsp3) is 0.462. The van der Waals surface area contributed by atoms with Gasteiger partial charge in [0.2, 0.25) is 0 Å². The van der Waals surface area contributed by atoms with Gasteiger partial charge in [0.1, 0.15) is 11.2 Å². The van der Waals surface area contributed by atoms with E-state index in [1.807, 2.05) is 39.8 Å². The molecule has 2 unspecified atom stereocenters. The lowest BCUT2D eigenvalue weighted by Gasteiger charge is -2.19. The Hall–Kier alpha value is -2.42. The number of rotatable bonds is 9. The van der Waals surface area contributed by atoms with Gasteiger partial charge in [-0.05, 0) is 61.4 Å². The molecule has 40 heavy (non-hydrogen) atoms. The zero-order chi connectivity index (χ0) is 29.2. The standard InChI is InChI=1S/C26H32N2O8S4/c1-25(2)15-17-9-7-11-19(21(17)35-25)33-23(29)27(5)39(31)37-13-14-38-40(32)28(6)24(30)34-20-12-8-10-18-16-26(3,4)36-22(18)20/h7-12H,13-16H2,1-6H3. The summed E-state index contributed by atoms with van der Waals surface area (Å²) in [6, 6.07) is 10.7. The topological polar surface area (TPSA) is 112 Å². The molecule has 2 amide bonds. The van der Waals surface area contributed by atoms with E-state index in [1.165, 1.54) is 14.1 Å². The van der Waals surface area contributed by atoms with Gasteiger partial charge in [-0.1, -0.05) is 24.3 Å². The SMILES string of the molecule is CN(C(=O)Oc1cccc2c1OC(C)(C)C2)S(=O)SCCSS(=O)N(C)C(=O)Oc1cccc2c1OC(C)(C)C2. The normalized spacial score (nSPS) is 17.4. The van der Waals surface area contributed by atoms with Gasteiger partial charge in [0.15, 0.2) is 43.0 Å². The largest absolute Gasteiger partial charge is 0.483 e. The third-order valence-corrected chi connectivity index (χ3v) is 12.1. The van der Waals surface area contributed by atoms with Crippen LogP contribution in [0.3, 0.4) is 0 Å². The molecule has 14 heteroatoms. The highest BCUT2D eigenvalue weighted by molar-refractivity contribution is 8.70. The van der Waals surface area contributed by atoms with Crippen LogP contribution in [0.1, 0.15) is 38.8 Å². The fourth-order valence-electron chi connectivity index (χ4n) is 4.14. The van der Waals surface area contributed by atoms with E-state index in [1.54, 1.807) is 24.3 Å². The van der Waals surface area contributed by atoms with Crippen molar-refractivity contribution in [2.24, 2.45) is 0 Å². The summed E-state index contributed by atoms with van der Waals surface area (Å²) in [5.74, 6) is 2.19. The van der Waals surface area contributed by atoms with E-state index in [9.17, 15) is 18.0 Å². The molecular formula is C26H32N2O8S4. The minimum Gasteiger partial charge on any atom is -0.483 e. The first-order valence-corrected chi connectivity index (χ1v) is 17.6. The maximum absolute atomic E-state index is 12.6. The molecule has 2 aromatic carbocycles. The summed E-state index contributed by atoms with van der Waals surface area (Å²) < 4.78 is 50.0. The molecule has 2 aliphatic heterocycles. The molecule has 2 atom stereocenters. The fourth-order valence-corrected chi connectivity index (χ4v) is 9.00. The molecule has 2 aliphatic rings. The molecule has 0 bridgehead atoms. The van der Waals surface area contributed by atoms with E-state index >= 15 is 0 Å². The van der Waals surface area contributed by atoms with Crippen LogP contribution in [0.25, 0.3) is 0 Å². The average Bonchev–Trinajstić information content (AvgIpc) is 3.39. The van der Waals surface area contributed by atoms with E-state index in [4.69, 9.17) is 18.9 Å². The van der Waals surface area contributed by atoms with Gasteiger partial charge in [0.25, 0.3) is 0 Å². The van der Waals surface area contributed by atoms with Gasteiger partial charge in [-0.2, -0.15) is 0 Å². The summed E-state index contributed by atoms with van der Waals surface area (Å²) >= 11 is 0. The highest BCUT2D eigenvalue weighted by Gasteiger charge is 2.34. The number of hydrogen-bond acceptors (Lipinski definition) is 10. The van der Waals surface area contributed by atoms with E-state index in [2.05, 4.69) is 0 Å². The second-order valence-corrected chi connectivity index (χ2v) is 16.8. The highest BCUT2D eigenvalue weighted by Crippen LogP contribution is 2.43. The number of ether oxygens (including phenoxy) is 4. The summed E-state index contributed by atoms with van der Waals surface area (Å²) in [4.78, 5) is 25.2. The van der Waals surface area contributed by atoms with Gasteiger partial charge in [-0.25, -0.2) is 26.6 Å². The van der Waals surface area contributed by atoms with E-state index < -0.39 is 43.4 Å². The molecule has 10 nitrogen and oxygen atoms in total. The number of amides is 2. The number of carbonyl (C=O) groups excluding carboxylic acids is 2. The molecule has 0 spiro atoms. The summed E-state index contributed by atoms with van der Waals surface area (Å²) in [5.41, 5.74) is 1.09. The number of carbonyl (C=O) groups is 2. The Kier molecular flexibility index (Phi) is 9.32. The highest BCUT2D eigenvalue weighted by atomic mass is 33.1. The van der Waals surface area contributed by atoms with Crippen LogP contribution in [-0.4, -0.2) is 66.0 Å². The summed E-state index contributed by atoms with van der Waals surface area (Å²) in [6.45, 7) is 7.80. The number of benzene rings is 2. The molecule has 2 heterocycles. The second-order valence-electron chi connectivity index (χ2n) is 10.4. The lowest BCUT2D eigenvalue weighted by Crippen LogP contribution is -2.31. The van der Waals surface area contributed by atoms with Crippen molar-refractivity contribution in [3.63, 3.8) is 0 Å². The maximum atomic E-state index is 12.6. The van der Waals surface area contributed by atoms with Crippen LogP contribution in [0, 0.1) is 0 Å². The molecule has 4 rings (SSSR count). The number of fused-ring (bicyclic) bond motifs is 2. The van der Waals surface area contributed by atoms with E-state index in [0.717, 1.165) is 41.3 Å². The van der Waals surface area contributed by atoms with Gasteiger partial charge in [-0.15, -0.1) is 0 Å². The third-order valence-electron chi connectivity index (χ3n) is 5.92. The Morgan fingerprint density at radius 3 is 1.52 bits per heavy atom. The molecule has 0 aromatic heterocycles. The lowest BCUT2D eigenvalue weighted by molar-refractivity contribution is 0.131. The lowest BCUT2D eigenvalue weighted by atomic mass is 10.0. The van der Waals surface area contributed by atoms with E-state index in [0.29, 0.717) is 35.8 Å². The molecule has 0 N–H and O–H groups in total. The Labute approximate surface area is 246 Å². The average molecular weight is 629 g/mol. The van der Waals surface area contributed by atoms with Gasteiger partial charge >= 0.3 is 12.2 Å². The Bertz CT molecular complexity index is 1250. The van der Waals surface area contributed by atoms with Crippen LogP contribution >= 0.6 is 21.6 Å². The summed E-state index contributed by atoms with van der Waals surface area (Å²) in [7, 11) is 1.23. The molecule has 0 saturated carbocycles. The maximum Gasteiger partial charge on any atom is 0.427 e. The molecule has 0 saturated heterocycles. The van der Waals surface area contributed by atoms with Gasteiger partial charge in [-0.3, -0.25) is 0 Å². The first-order valence-electron chi connectivity index (χ1n) is 12.4. The van der Waals surface area contributed by atoms with Crippen LogP contribution < -0.4 is 18.9 Å². The van der Waals surface area contributed by atoms with E-state index in [-0.39, 0.29) is 11.5 Å². The van der Waals surface area contributed by atoms with Crippen molar-refractivity contribution in [2.75, 3.05) is 25.6 Å². The zero-order valence-electron chi connectivity index (χ0n) is 23.1. The first kappa shape index (κ1) is 30.5. The van der Waals surface area contributed by atoms with Crippen molar-refractivity contribution < 1.29 is 37.0 Å². The van der Waals surface area contributed by atoms with Crippen LogP contribution in [0.2, 0.25) is 0 Å². The predicted molar refractivity (Wildman–Crippen MR) is 158 cm³/mol. The Morgan fingerprint density at radius 2 is 1.15 bits per heavy atom. The van der Waals surface area contributed by atoms with Gasteiger partial charge in [0, 0.05) is 49.6 Å². The molecule has 0 radical (unpaired) electrons. The van der Waals surface area contributed by atoms with Gasteiger partial charge in [0.05, 0.1) is 0 Å². The zero-order valence-corrected chi connectivity index (χ0v) is 26.4. The van der Waals surface area contributed by atoms with Crippen molar-refractivity contribution in [3.8, 4) is 23.0 Å². The van der Waals surface area contributed by atoms with Crippen molar-refractivity contribution in [2.45, 2.75) is 51.7 Å². The third kappa shape index (κ3) is 7.25. The van der Waals surface area contributed by atoms with Crippen LogP contribution in [0.4, 0.5) is 9.59 Å². The van der Waals surface area contributed by atoms with Crippen molar-refractivity contribution in [1.82, 2.24) is 8.61 Å². The second kappa shape index (κ2) is 12.2. The Morgan fingerprint density at radius 1 is 0.775 bits per heavy atom. The predicted octanol–water partition coefficient (Wildman–Crippen LogP) is 5.30. The first-order chi connectivity index (χ1) is 18.8. The minimum absolute atomic E-state index is 0.276. The van der Waals surface area contributed by atoms with Crippen LogP contribution in [-0.2, 0) is 32.9 Å². The monoisotopic (exact) mass is 628 g/mol. The number of para-hydroxylation sites is 2. The minimum atomic E-state index is -1.75. The smallest absolute Gasteiger partial charge is 0.427 e. The number of nitrogens with zero attached hydrogens (tertiary/aromatic N) is 2. The summed E-state index contributed by atoms with van der Waals surface area (Å²) in [6.07, 6.45) is -0.187. The summed E-state index contributed by atoms with van der Waals surface area (Å²) in [5, 5.41) is 0. The molecular weight excluding hydrogens is 597 g/mol. The van der Waals surface area contributed by atoms with Crippen LogP contribution in [0.5, 0.6) is 23.0 Å². The van der Waals surface area contributed by atoms with Crippen LogP contribution in [0.15, 0.2) is 36.4 Å². The molecule has 0 aliphatic carbocycles. The van der Waals surface area contributed by atoms with Crippen molar-refractivity contribution in [1.29, 1.82) is 0 Å². The molecule has 0 fully saturated rings.